The average Bonchev–Trinajstić information content (AvgIpc) is 3.54. The van der Waals surface area contributed by atoms with Gasteiger partial charge in [-0.15, -0.1) is 9.46 Å². The van der Waals surface area contributed by atoms with Gasteiger partial charge >= 0.3 is 0 Å². The number of nitrogens with zero attached hydrogens (tertiary/aromatic N) is 5. The fourth-order valence-corrected chi connectivity index (χ4v) is 12.0. The largest absolute Gasteiger partial charge is 0.490 e. The first-order valence-electron chi connectivity index (χ1n) is 21.5. The van der Waals surface area contributed by atoms with Crippen LogP contribution in [0.5, 0.6) is 11.6 Å². The van der Waals surface area contributed by atoms with Gasteiger partial charge in [-0.25, -0.2) is 4.21 Å². The standard InChI is InChI=1S/C45H59ClN6O7S/c1-30-7-5-9-40(58-22-21-51-19-16-35(56-3)17-20-51)36-13-10-33(36)25-52-28-45(18-6-8-31-23-34(46)12-14-38(31)45)29-59-41-15-11-32(24-39(41)52)42(53)48-60(55,27-30)49-43(54)37-26-50(2)47-44(37)57-4/h5,9,11-12,14-15,23-24,26,30,33,35-36,40H,6-8,10,13,16-22,25,27-29H2,1-4H3,(H,48,49,53,54,55)/b9-5+/t30-,33-,36+,40-,45-,60?/m0/s1. The molecule has 5 aliphatic rings. The summed E-state index contributed by atoms with van der Waals surface area (Å²) in [7, 11) is 1.24. The summed E-state index contributed by atoms with van der Waals surface area (Å²) in [4.78, 5) is 32.8. The molecule has 1 saturated heterocycles. The Morgan fingerprint density at radius 1 is 1.12 bits per heavy atom. The summed E-state index contributed by atoms with van der Waals surface area (Å²) >= 11 is 6.52. The van der Waals surface area contributed by atoms with Crippen LogP contribution in [0, 0.1) is 17.8 Å². The van der Waals surface area contributed by atoms with Gasteiger partial charge in [-0.3, -0.25) is 19.0 Å². The smallest absolute Gasteiger partial charge is 0.286 e. The molecule has 1 aromatic heterocycles. The number of likely N-dealkylation sites (tertiary alicyclic amines) is 1. The van der Waals surface area contributed by atoms with Crippen LogP contribution < -0.4 is 19.1 Å². The fourth-order valence-electron chi connectivity index (χ4n) is 9.95. The first kappa shape index (κ1) is 42.7. The summed E-state index contributed by atoms with van der Waals surface area (Å²) in [6.45, 7) is 7.38. The van der Waals surface area contributed by atoms with E-state index in [1.165, 1.54) is 29.1 Å². The lowest BCUT2D eigenvalue weighted by Gasteiger charge is -2.46. The Balaban J connectivity index is 1.15. The highest BCUT2D eigenvalue weighted by molar-refractivity contribution is 7.92. The number of piperidine rings is 1. The second kappa shape index (κ2) is 18.2. The molecule has 1 unspecified atom stereocenters. The van der Waals surface area contributed by atoms with Gasteiger partial charge in [0.05, 0.1) is 44.0 Å². The molecule has 1 saturated carbocycles. The van der Waals surface area contributed by atoms with E-state index >= 15 is 0 Å². The maximum absolute atomic E-state index is 14.8. The maximum atomic E-state index is 14.8. The number of halogens is 1. The molecule has 1 N–H and O–H groups in total. The van der Waals surface area contributed by atoms with Gasteiger partial charge < -0.3 is 28.7 Å². The van der Waals surface area contributed by atoms with Gasteiger partial charge in [0.15, 0.2) is 0 Å². The van der Waals surface area contributed by atoms with Crippen LogP contribution in [-0.4, -0.2) is 109 Å². The molecule has 60 heavy (non-hydrogen) atoms. The van der Waals surface area contributed by atoms with E-state index in [1.54, 1.807) is 20.2 Å². The number of allylic oxidation sites excluding steroid dienone is 1. The first-order valence-corrected chi connectivity index (χ1v) is 23.5. The zero-order valence-corrected chi connectivity index (χ0v) is 36.8. The van der Waals surface area contributed by atoms with Gasteiger partial charge in [0.1, 0.15) is 21.2 Å². The van der Waals surface area contributed by atoms with E-state index in [2.05, 4.69) is 48.3 Å². The topological polar surface area (TPSA) is 137 Å². The molecule has 8 rings (SSSR count). The van der Waals surface area contributed by atoms with Crippen LogP contribution >= 0.6 is 11.6 Å². The molecule has 2 aromatic carbocycles. The van der Waals surface area contributed by atoms with Gasteiger partial charge in [0, 0.05) is 69.1 Å². The minimum absolute atomic E-state index is 0.0431. The zero-order chi connectivity index (χ0) is 42.0. The summed E-state index contributed by atoms with van der Waals surface area (Å²) < 4.78 is 47.7. The minimum Gasteiger partial charge on any atom is -0.490 e. The van der Waals surface area contributed by atoms with Crippen molar-refractivity contribution in [3.8, 4) is 11.6 Å². The third-order valence-electron chi connectivity index (χ3n) is 13.3. The van der Waals surface area contributed by atoms with E-state index in [9.17, 15) is 13.8 Å². The quantitative estimate of drug-likeness (QED) is 0.246. The number of hydrogen-bond donors (Lipinski definition) is 1. The Kier molecular flexibility index (Phi) is 12.9. The van der Waals surface area contributed by atoms with Crippen LogP contribution in [0.25, 0.3) is 0 Å². The number of amides is 2. The number of ether oxygens (including phenoxy) is 4. The number of anilines is 1. The van der Waals surface area contributed by atoms with Crippen molar-refractivity contribution in [1.82, 2.24) is 19.4 Å². The van der Waals surface area contributed by atoms with Crippen molar-refractivity contribution >= 4 is 39.0 Å². The summed E-state index contributed by atoms with van der Waals surface area (Å²) in [6, 6.07) is 11.6. The third-order valence-corrected chi connectivity index (χ3v) is 15.5. The number of methoxy groups -OCH3 is 2. The lowest BCUT2D eigenvalue weighted by molar-refractivity contribution is -0.0274. The van der Waals surface area contributed by atoms with Crippen molar-refractivity contribution in [1.29, 1.82) is 0 Å². The van der Waals surface area contributed by atoms with Gasteiger partial charge in [-0.2, -0.15) is 0 Å². The summed E-state index contributed by atoms with van der Waals surface area (Å²) in [5, 5.41) is 4.92. The molecule has 2 aliphatic carbocycles. The van der Waals surface area contributed by atoms with Crippen molar-refractivity contribution in [2.75, 3.05) is 70.8 Å². The molecule has 3 aliphatic heterocycles. The van der Waals surface area contributed by atoms with Crippen molar-refractivity contribution in [3.63, 3.8) is 0 Å². The van der Waals surface area contributed by atoms with Gasteiger partial charge in [0.2, 0.25) is 5.88 Å². The number of benzene rings is 2. The van der Waals surface area contributed by atoms with Gasteiger partial charge in [-0.05, 0) is 111 Å². The molecular weight excluding hydrogens is 804 g/mol. The molecule has 6 atom stereocenters. The van der Waals surface area contributed by atoms with E-state index in [0.29, 0.717) is 49.9 Å². The highest BCUT2D eigenvalue weighted by Gasteiger charge is 2.44. The number of aromatic nitrogens is 2. The number of nitrogens with one attached hydrogen (secondary N) is 1. The Hall–Kier alpha value is -3.95. The van der Waals surface area contributed by atoms with Crippen molar-refractivity contribution in [3.05, 3.63) is 82.0 Å². The molecule has 324 valence electrons. The summed E-state index contributed by atoms with van der Waals surface area (Å²) in [5.74, 6) is -0.181. The van der Waals surface area contributed by atoms with Crippen LogP contribution in [0.2, 0.25) is 5.02 Å². The van der Waals surface area contributed by atoms with Gasteiger partial charge in [-0.1, -0.05) is 36.7 Å². The van der Waals surface area contributed by atoms with Crippen LogP contribution in [0.3, 0.4) is 0 Å². The predicted molar refractivity (Wildman–Crippen MR) is 233 cm³/mol. The maximum Gasteiger partial charge on any atom is 0.286 e. The summed E-state index contributed by atoms with van der Waals surface area (Å²) in [5.41, 5.74) is 3.41. The highest BCUT2D eigenvalue weighted by Crippen LogP contribution is 2.47. The first-order chi connectivity index (χ1) is 28.9. The van der Waals surface area contributed by atoms with E-state index in [0.717, 1.165) is 81.8 Å². The average molecular weight is 864 g/mol. The van der Waals surface area contributed by atoms with Crippen LogP contribution in [0.15, 0.2) is 59.1 Å². The van der Waals surface area contributed by atoms with Gasteiger partial charge in [0.25, 0.3) is 11.8 Å². The lowest BCUT2D eigenvalue weighted by Crippen LogP contribution is -2.50. The Labute approximate surface area is 359 Å². The second-order valence-electron chi connectivity index (χ2n) is 17.5. The number of fused-ring (bicyclic) bond motifs is 4. The van der Waals surface area contributed by atoms with Crippen molar-refractivity contribution in [2.45, 2.75) is 75.9 Å². The minimum atomic E-state index is -3.64. The third kappa shape index (κ3) is 9.28. The van der Waals surface area contributed by atoms with Crippen molar-refractivity contribution in [2.24, 2.45) is 29.2 Å². The van der Waals surface area contributed by atoms with Crippen LogP contribution in [0.4, 0.5) is 5.69 Å². The molecule has 0 radical (unpaired) electrons. The molecule has 1 spiro atoms. The predicted octanol–water partition coefficient (Wildman–Crippen LogP) is 6.63. The second-order valence-corrected chi connectivity index (χ2v) is 20.0. The Morgan fingerprint density at radius 3 is 2.72 bits per heavy atom. The molecular formula is C45H59ClN6O7S. The SMILES string of the molecule is COc1nn(C)cc1C(=O)NS1(=O)=NC(=O)c2ccc3c(c2)N(C[C@@H]2CC[C@H]2[C@@H](OCCN2CCC(OC)CC2)/C=C/C[C@H](C)C1)C[C@@]1(CCCc2cc(Cl)ccc21)CO3. The molecule has 4 heterocycles. The zero-order valence-electron chi connectivity index (χ0n) is 35.3. The molecule has 2 fully saturated rings. The van der Waals surface area contributed by atoms with E-state index < -0.39 is 21.7 Å². The van der Waals surface area contributed by atoms with Crippen LogP contribution in [0.1, 0.15) is 83.7 Å². The van der Waals surface area contributed by atoms with Crippen molar-refractivity contribution < 1.29 is 32.7 Å². The number of hydrogen-bond acceptors (Lipinski definition) is 10. The Morgan fingerprint density at radius 2 is 1.95 bits per heavy atom. The lowest BCUT2D eigenvalue weighted by atomic mass is 9.68. The molecule has 15 heteroatoms. The number of aryl methyl sites for hydroxylation is 2. The van der Waals surface area contributed by atoms with E-state index in [1.807, 2.05) is 25.1 Å². The number of carbonyl (C=O) groups excluding carboxylic acids is 2. The number of rotatable bonds is 8. The number of carbonyl (C=O) groups is 2. The van der Waals surface area contributed by atoms with Crippen LogP contribution in [-0.2, 0) is 38.3 Å². The molecule has 2 amide bonds. The van der Waals surface area contributed by atoms with E-state index in [-0.39, 0.29) is 40.2 Å². The summed E-state index contributed by atoms with van der Waals surface area (Å²) in [6.07, 6.45) is 13.7. The fraction of sp³-hybridized carbons (Fsp3) is 0.578. The van der Waals surface area contributed by atoms with E-state index in [4.69, 9.17) is 30.5 Å². The normalized spacial score (nSPS) is 29.3. The Bertz CT molecular complexity index is 2210. The molecule has 13 nitrogen and oxygen atoms in total. The molecule has 3 aromatic rings. The highest BCUT2D eigenvalue weighted by atomic mass is 35.5. The monoisotopic (exact) mass is 862 g/mol. The molecule has 2 bridgehead atoms.